The molecule has 2 saturated carbocycles. The number of methoxy groups -OCH3 is 1. The SMILES string of the molecule is [Ac].[Ac].[CH][C@@H](c1ccco1)C(O)C(=O)OC1CC2(O)[C@@H](C)C3(C)C4(O)COC4CC(OCOC)[C@@]3(C)C(=O)C(O)C(=C1C)C2(C)C. The molecular formula is C32H44Ac2O11. The van der Waals surface area contributed by atoms with Crippen LogP contribution in [0.15, 0.2) is 34.0 Å². The molecule has 244 valence electrons. The zero-order chi connectivity index (χ0) is 31.9. The molecule has 2 bridgehead atoms. The third-order valence-corrected chi connectivity index (χ3v) is 12.0. The number of hydrogen-bond acceptors (Lipinski definition) is 11. The summed E-state index contributed by atoms with van der Waals surface area (Å²) in [6.45, 7) is 16.2. The second kappa shape index (κ2) is 13.8. The minimum Gasteiger partial charge on any atom is -0.469 e. The molecule has 4 N–H and O–H groups in total. The first-order valence-electron chi connectivity index (χ1n) is 14.7. The van der Waals surface area contributed by atoms with Crippen molar-refractivity contribution in [1.82, 2.24) is 0 Å². The molecular weight excluding hydrogens is 1010 g/mol. The predicted molar refractivity (Wildman–Crippen MR) is 150 cm³/mol. The van der Waals surface area contributed by atoms with Crippen molar-refractivity contribution in [3.8, 4) is 0 Å². The van der Waals surface area contributed by atoms with E-state index in [-0.39, 0.29) is 126 Å². The van der Waals surface area contributed by atoms with E-state index in [9.17, 15) is 30.0 Å². The molecule has 1 aromatic heterocycles. The summed E-state index contributed by atoms with van der Waals surface area (Å²) in [4.78, 5) is 27.9. The number of Topliss-reactive ketones (excluding diaryl/α,β-unsaturated/α-hetero) is 1. The van der Waals surface area contributed by atoms with E-state index in [2.05, 4.69) is 0 Å². The zero-order valence-electron chi connectivity index (χ0n) is 27.0. The van der Waals surface area contributed by atoms with E-state index >= 15 is 0 Å². The number of ketones is 1. The van der Waals surface area contributed by atoms with Crippen molar-refractivity contribution < 1.29 is 142 Å². The van der Waals surface area contributed by atoms with Gasteiger partial charge in [0.25, 0.3) is 0 Å². The smallest absolute Gasteiger partial charge is 0.336 e. The molecule has 2 heterocycles. The molecule has 1 aliphatic heterocycles. The van der Waals surface area contributed by atoms with Crippen LogP contribution in [0.4, 0.5) is 0 Å². The molecule has 5 rings (SSSR count). The van der Waals surface area contributed by atoms with Gasteiger partial charge in [0.1, 0.15) is 30.4 Å². The Bertz CT molecular complexity index is 1300. The number of hydrogen-bond donors (Lipinski definition) is 4. The van der Waals surface area contributed by atoms with Crippen LogP contribution in [0.25, 0.3) is 0 Å². The molecule has 1 aromatic rings. The van der Waals surface area contributed by atoms with Gasteiger partial charge in [0.15, 0.2) is 11.9 Å². The second-order valence-corrected chi connectivity index (χ2v) is 13.7. The van der Waals surface area contributed by atoms with Crippen LogP contribution in [0.2, 0.25) is 0 Å². The van der Waals surface area contributed by atoms with Crippen molar-refractivity contribution in [2.75, 3.05) is 20.5 Å². The molecule has 8 unspecified atom stereocenters. The summed E-state index contributed by atoms with van der Waals surface area (Å²) >= 11 is 0. The van der Waals surface area contributed by atoms with Gasteiger partial charge >= 0.3 is 5.97 Å². The van der Waals surface area contributed by atoms with E-state index in [4.69, 9.17) is 30.3 Å². The number of carbonyl (C=O) groups is 2. The molecule has 3 fully saturated rings. The summed E-state index contributed by atoms with van der Waals surface area (Å²) in [5.41, 5.74) is -6.78. The van der Waals surface area contributed by atoms with Crippen LogP contribution in [0.3, 0.4) is 0 Å². The van der Waals surface area contributed by atoms with Crippen LogP contribution in [-0.4, -0.2) is 94.4 Å². The molecule has 3 aliphatic carbocycles. The maximum Gasteiger partial charge on any atom is 0.336 e. The molecule has 11 atom stereocenters. The maximum absolute atomic E-state index is 14.7. The second-order valence-electron chi connectivity index (χ2n) is 13.7. The summed E-state index contributed by atoms with van der Waals surface area (Å²) in [7, 11) is 1.46. The van der Waals surface area contributed by atoms with Crippen LogP contribution in [-0.2, 0) is 28.5 Å². The molecule has 4 radical (unpaired) electrons. The Morgan fingerprint density at radius 2 is 1.82 bits per heavy atom. The first-order chi connectivity index (χ1) is 19.9. The summed E-state index contributed by atoms with van der Waals surface area (Å²) in [6.07, 6.45) is -4.72. The quantitative estimate of drug-likeness (QED) is 0.179. The fourth-order valence-electron chi connectivity index (χ4n) is 8.83. The first-order valence-corrected chi connectivity index (χ1v) is 14.7. The van der Waals surface area contributed by atoms with Crippen molar-refractivity contribution in [3.63, 3.8) is 0 Å². The fraction of sp³-hybridized carbons (Fsp3) is 0.719. The van der Waals surface area contributed by atoms with Crippen LogP contribution in [0.1, 0.15) is 66.1 Å². The average Bonchev–Trinajstić information content (AvgIpc) is 3.50. The van der Waals surface area contributed by atoms with Crippen molar-refractivity contribution in [1.29, 1.82) is 0 Å². The Morgan fingerprint density at radius 3 is 2.36 bits per heavy atom. The predicted octanol–water partition coefficient (Wildman–Crippen LogP) is 1.94. The number of aliphatic hydroxyl groups is 4. The average molecular weight is 1060 g/mol. The number of esters is 1. The van der Waals surface area contributed by atoms with Gasteiger partial charge in [-0.2, -0.15) is 0 Å². The van der Waals surface area contributed by atoms with Gasteiger partial charge in [-0.25, -0.2) is 4.79 Å². The van der Waals surface area contributed by atoms with Crippen LogP contribution in [0.5, 0.6) is 0 Å². The van der Waals surface area contributed by atoms with Gasteiger partial charge in [0.05, 0.1) is 42.0 Å². The topological polar surface area (TPSA) is 165 Å². The monoisotopic (exact) mass is 1060 g/mol. The van der Waals surface area contributed by atoms with Crippen LogP contribution in [0, 0.1) is 117 Å². The Morgan fingerprint density at radius 1 is 1.18 bits per heavy atom. The van der Waals surface area contributed by atoms with Gasteiger partial charge in [-0.15, -0.1) is 0 Å². The van der Waals surface area contributed by atoms with Gasteiger partial charge in [-0.1, -0.05) is 27.7 Å². The van der Waals surface area contributed by atoms with Gasteiger partial charge < -0.3 is 43.8 Å². The number of carbonyl (C=O) groups excluding carboxylic acids is 2. The van der Waals surface area contributed by atoms with Crippen LogP contribution < -0.4 is 0 Å². The van der Waals surface area contributed by atoms with E-state index in [0.29, 0.717) is 5.57 Å². The molecule has 45 heavy (non-hydrogen) atoms. The van der Waals surface area contributed by atoms with E-state index in [1.165, 1.54) is 19.4 Å². The number of furan rings is 1. The Hall–Kier alpha value is 0.763. The van der Waals surface area contributed by atoms with Crippen molar-refractivity contribution in [2.24, 2.45) is 22.2 Å². The molecule has 0 aromatic carbocycles. The van der Waals surface area contributed by atoms with Crippen molar-refractivity contribution in [3.05, 3.63) is 42.2 Å². The molecule has 11 nitrogen and oxygen atoms in total. The van der Waals surface area contributed by atoms with Gasteiger partial charge in [0, 0.05) is 119 Å². The van der Waals surface area contributed by atoms with E-state index in [1.54, 1.807) is 47.6 Å². The fourth-order valence-corrected chi connectivity index (χ4v) is 8.83. The van der Waals surface area contributed by atoms with E-state index in [1.807, 2.05) is 0 Å². The summed E-state index contributed by atoms with van der Waals surface area (Å²) in [5.74, 6) is -3.48. The number of ether oxygens (including phenoxy) is 4. The maximum atomic E-state index is 14.7. The van der Waals surface area contributed by atoms with E-state index in [0.717, 1.165) is 0 Å². The zero-order valence-corrected chi connectivity index (χ0v) is 36.5. The van der Waals surface area contributed by atoms with Crippen molar-refractivity contribution >= 4 is 11.8 Å². The number of aliphatic hydroxyl groups excluding tert-OH is 2. The summed E-state index contributed by atoms with van der Waals surface area (Å²) in [6, 6.07) is 3.10. The minimum absolute atomic E-state index is 0. The van der Waals surface area contributed by atoms with Crippen molar-refractivity contribution in [2.45, 2.75) is 102 Å². The standard InChI is InChI=1S/C32H44O11.2Ac/c1-16-20(43-27(36)24(33)17(2)19-10-9-11-40-19)13-31(37)18(3)30(7)29(6,26(35)25(34)23(16)28(31,4)5)21(42-15-39-8)12-22-32(30,38)14-41-22;;/h2,9-11,17-18,20-22,24-25,33-34,37-38H,12-15H2,1,3-8H3;;/t17-,18-,20?,21?,22?,24?,25?,29-,30?,31?,32?;;/m0../s1. The third-order valence-electron chi connectivity index (χ3n) is 12.0. The number of fused-ring (bicyclic) bond motifs is 5. The minimum atomic E-state index is -1.78. The summed E-state index contributed by atoms with van der Waals surface area (Å²) < 4.78 is 28.0. The van der Waals surface area contributed by atoms with Gasteiger partial charge in [0.2, 0.25) is 0 Å². The van der Waals surface area contributed by atoms with Gasteiger partial charge in [-0.05, 0) is 50.0 Å². The Kier molecular flexibility index (Phi) is 12.3. The number of rotatable bonds is 7. The Balaban J connectivity index is 0.00000276. The largest absolute Gasteiger partial charge is 0.469 e. The molecule has 0 amide bonds. The normalized spacial score (nSPS) is 41.5. The molecule has 4 aliphatic rings. The summed E-state index contributed by atoms with van der Waals surface area (Å²) in [5, 5.41) is 47.8. The molecule has 0 spiro atoms. The van der Waals surface area contributed by atoms with Gasteiger partial charge in [-0.3, -0.25) is 4.79 Å². The molecule has 13 heteroatoms. The Labute approximate surface area is 336 Å². The van der Waals surface area contributed by atoms with E-state index < -0.39 is 81.6 Å². The van der Waals surface area contributed by atoms with Crippen LogP contribution >= 0.6 is 0 Å². The third kappa shape index (κ3) is 5.52. The molecule has 1 saturated heterocycles. The first kappa shape index (κ1) is 40.2.